The summed E-state index contributed by atoms with van der Waals surface area (Å²) in [6.45, 7) is 1.91. The number of rotatable bonds is 8. The number of nitrogens with zero attached hydrogens (tertiary/aromatic N) is 1. The Morgan fingerprint density at radius 2 is 1.61 bits per heavy atom. The number of benzene rings is 2. The lowest BCUT2D eigenvalue weighted by molar-refractivity contribution is -0.122. The number of methoxy groups -OCH3 is 1. The molecule has 3 aromatic rings. The summed E-state index contributed by atoms with van der Waals surface area (Å²) in [6, 6.07) is 19.1. The highest BCUT2D eigenvalue weighted by Crippen LogP contribution is 2.27. The molecule has 0 bridgehead atoms. The lowest BCUT2D eigenvalue weighted by atomic mass is 10.1. The van der Waals surface area contributed by atoms with Gasteiger partial charge in [0, 0.05) is 18.1 Å². The summed E-state index contributed by atoms with van der Waals surface area (Å²) in [5.41, 5.74) is 3.11. The third-order valence-corrected chi connectivity index (χ3v) is 4.38. The normalized spacial score (nSPS) is 11.5. The smallest absolute Gasteiger partial charge is 0.265 e. The van der Waals surface area contributed by atoms with Crippen LogP contribution in [-0.2, 0) is 11.2 Å². The molecule has 1 atom stereocenters. The van der Waals surface area contributed by atoms with Gasteiger partial charge in [-0.05, 0) is 60.4 Å². The molecule has 144 valence electrons. The van der Waals surface area contributed by atoms with Crippen molar-refractivity contribution < 1.29 is 14.3 Å². The molecule has 28 heavy (non-hydrogen) atoms. The summed E-state index contributed by atoms with van der Waals surface area (Å²) in [7, 11) is 1.58. The maximum absolute atomic E-state index is 12.6. The number of aromatic nitrogens is 1. The van der Waals surface area contributed by atoms with Gasteiger partial charge in [0.2, 0.25) is 0 Å². The molecule has 1 N–H and O–H groups in total. The van der Waals surface area contributed by atoms with E-state index in [2.05, 4.69) is 10.3 Å². The molecule has 1 heterocycles. The molecule has 1 amide bonds. The minimum absolute atomic E-state index is 0.185. The highest BCUT2D eigenvalue weighted by molar-refractivity contribution is 5.94. The first kappa shape index (κ1) is 19.4. The van der Waals surface area contributed by atoms with Crippen molar-refractivity contribution in [2.45, 2.75) is 25.9 Å². The summed E-state index contributed by atoms with van der Waals surface area (Å²) in [4.78, 5) is 16.7. The fourth-order valence-corrected chi connectivity index (χ4v) is 2.86. The zero-order valence-electron chi connectivity index (χ0n) is 16.1. The summed E-state index contributed by atoms with van der Waals surface area (Å²) in [6.07, 6.45) is 4.34. The van der Waals surface area contributed by atoms with E-state index < -0.39 is 6.10 Å². The first-order chi connectivity index (χ1) is 13.7. The lowest BCUT2D eigenvalue weighted by Gasteiger charge is -2.19. The molecule has 5 nitrogen and oxygen atoms in total. The van der Waals surface area contributed by atoms with E-state index in [-0.39, 0.29) is 5.91 Å². The molecule has 0 aliphatic rings. The standard InChI is InChI=1S/C23H24N2O3/c1-3-20(28-22-7-5-4-6-21(22)27-2)23(26)25-19-10-8-17(9-11-19)16-18-12-14-24-15-13-18/h4-15,20H,3,16H2,1-2H3,(H,25,26)/t20-/m0/s1. The van der Waals surface area contributed by atoms with Gasteiger partial charge in [0.1, 0.15) is 0 Å². The average molecular weight is 376 g/mol. The van der Waals surface area contributed by atoms with E-state index in [1.807, 2.05) is 61.5 Å². The van der Waals surface area contributed by atoms with Crippen molar-refractivity contribution in [1.82, 2.24) is 4.98 Å². The van der Waals surface area contributed by atoms with Crippen molar-refractivity contribution >= 4 is 11.6 Å². The average Bonchev–Trinajstić information content (AvgIpc) is 2.74. The quantitative estimate of drug-likeness (QED) is 0.630. The van der Waals surface area contributed by atoms with Gasteiger partial charge < -0.3 is 14.8 Å². The third kappa shape index (κ3) is 5.10. The number of nitrogens with one attached hydrogen (secondary N) is 1. The molecule has 0 unspecified atom stereocenters. The predicted molar refractivity (Wildman–Crippen MR) is 110 cm³/mol. The molecule has 5 heteroatoms. The first-order valence-corrected chi connectivity index (χ1v) is 9.28. The lowest BCUT2D eigenvalue weighted by Crippen LogP contribution is -2.32. The SMILES string of the molecule is CC[C@H](Oc1ccccc1OC)C(=O)Nc1ccc(Cc2ccncc2)cc1. The van der Waals surface area contributed by atoms with Gasteiger partial charge in [0.15, 0.2) is 17.6 Å². The van der Waals surface area contributed by atoms with Gasteiger partial charge in [0.25, 0.3) is 5.91 Å². The van der Waals surface area contributed by atoms with Crippen molar-refractivity contribution in [1.29, 1.82) is 0 Å². The third-order valence-electron chi connectivity index (χ3n) is 4.38. The topological polar surface area (TPSA) is 60.5 Å². The van der Waals surface area contributed by atoms with Gasteiger partial charge in [-0.25, -0.2) is 0 Å². The number of carbonyl (C=O) groups excluding carboxylic acids is 1. The summed E-state index contributed by atoms with van der Waals surface area (Å²) >= 11 is 0. The number of para-hydroxylation sites is 2. The van der Waals surface area contributed by atoms with Crippen molar-refractivity contribution in [3.63, 3.8) is 0 Å². The zero-order chi connectivity index (χ0) is 19.8. The van der Waals surface area contributed by atoms with Crippen LogP contribution in [0.4, 0.5) is 5.69 Å². The second kappa shape index (κ2) is 9.55. The van der Waals surface area contributed by atoms with Gasteiger partial charge in [-0.2, -0.15) is 0 Å². The highest BCUT2D eigenvalue weighted by atomic mass is 16.5. The Bertz CT molecular complexity index is 895. The number of hydrogen-bond donors (Lipinski definition) is 1. The van der Waals surface area contributed by atoms with Gasteiger partial charge in [-0.15, -0.1) is 0 Å². The van der Waals surface area contributed by atoms with E-state index in [4.69, 9.17) is 9.47 Å². The minimum Gasteiger partial charge on any atom is -0.493 e. The molecule has 0 saturated heterocycles. The fraction of sp³-hybridized carbons (Fsp3) is 0.217. The van der Waals surface area contributed by atoms with E-state index in [9.17, 15) is 4.79 Å². The molecular weight excluding hydrogens is 352 g/mol. The van der Waals surface area contributed by atoms with E-state index in [0.717, 1.165) is 12.1 Å². The molecule has 2 aromatic carbocycles. The maximum atomic E-state index is 12.6. The van der Waals surface area contributed by atoms with E-state index >= 15 is 0 Å². The van der Waals surface area contributed by atoms with Crippen LogP contribution in [0.1, 0.15) is 24.5 Å². The zero-order valence-corrected chi connectivity index (χ0v) is 16.1. The van der Waals surface area contributed by atoms with Crippen molar-refractivity contribution in [2.24, 2.45) is 0 Å². The Hall–Kier alpha value is -3.34. The Kier molecular flexibility index (Phi) is 6.63. The van der Waals surface area contributed by atoms with Crippen LogP contribution in [0, 0.1) is 0 Å². The number of hydrogen-bond acceptors (Lipinski definition) is 4. The predicted octanol–water partition coefficient (Wildman–Crippen LogP) is 4.48. The second-order valence-electron chi connectivity index (χ2n) is 6.38. The van der Waals surface area contributed by atoms with Crippen LogP contribution in [0.3, 0.4) is 0 Å². The van der Waals surface area contributed by atoms with E-state index in [1.165, 1.54) is 11.1 Å². The van der Waals surface area contributed by atoms with Crippen LogP contribution < -0.4 is 14.8 Å². The molecule has 0 saturated carbocycles. The summed E-state index contributed by atoms with van der Waals surface area (Å²) in [5.74, 6) is 0.976. The number of pyridine rings is 1. The van der Waals surface area contributed by atoms with Crippen LogP contribution in [0.5, 0.6) is 11.5 Å². The Morgan fingerprint density at radius 3 is 2.25 bits per heavy atom. The van der Waals surface area contributed by atoms with Gasteiger partial charge >= 0.3 is 0 Å². The van der Waals surface area contributed by atoms with Crippen LogP contribution in [-0.4, -0.2) is 24.1 Å². The number of carbonyl (C=O) groups is 1. The summed E-state index contributed by atoms with van der Waals surface area (Å²) < 4.78 is 11.2. The first-order valence-electron chi connectivity index (χ1n) is 9.28. The van der Waals surface area contributed by atoms with Crippen molar-refractivity contribution in [2.75, 3.05) is 12.4 Å². The van der Waals surface area contributed by atoms with Crippen molar-refractivity contribution in [3.05, 3.63) is 84.2 Å². The van der Waals surface area contributed by atoms with E-state index in [0.29, 0.717) is 17.9 Å². The van der Waals surface area contributed by atoms with Crippen LogP contribution >= 0.6 is 0 Å². The van der Waals surface area contributed by atoms with Crippen LogP contribution in [0.2, 0.25) is 0 Å². The van der Waals surface area contributed by atoms with Crippen LogP contribution in [0.15, 0.2) is 73.1 Å². The number of ether oxygens (including phenoxy) is 2. The maximum Gasteiger partial charge on any atom is 0.265 e. The Labute approximate surface area is 165 Å². The fourth-order valence-electron chi connectivity index (χ4n) is 2.86. The largest absolute Gasteiger partial charge is 0.493 e. The van der Waals surface area contributed by atoms with Crippen molar-refractivity contribution in [3.8, 4) is 11.5 Å². The second-order valence-corrected chi connectivity index (χ2v) is 6.38. The summed E-state index contributed by atoms with van der Waals surface area (Å²) in [5, 5.41) is 2.93. The molecule has 0 radical (unpaired) electrons. The Balaban J connectivity index is 1.62. The van der Waals surface area contributed by atoms with E-state index in [1.54, 1.807) is 25.6 Å². The molecule has 0 aliphatic carbocycles. The van der Waals surface area contributed by atoms with Crippen LogP contribution in [0.25, 0.3) is 0 Å². The van der Waals surface area contributed by atoms with Gasteiger partial charge in [-0.1, -0.05) is 31.2 Å². The number of amides is 1. The van der Waals surface area contributed by atoms with Gasteiger partial charge in [-0.3, -0.25) is 9.78 Å². The monoisotopic (exact) mass is 376 g/mol. The molecule has 0 aliphatic heterocycles. The van der Waals surface area contributed by atoms with Gasteiger partial charge in [0.05, 0.1) is 7.11 Å². The molecule has 3 rings (SSSR count). The minimum atomic E-state index is -0.604. The molecule has 1 aromatic heterocycles. The molecular formula is C23H24N2O3. The number of anilines is 1. The molecule has 0 spiro atoms. The highest BCUT2D eigenvalue weighted by Gasteiger charge is 2.20. The molecule has 0 fully saturated rings. The Morgan fingerprint density at radius 1 is 0.964 bits per heavy atom.